The van der Waals surface area contributed by atoms with E-state index in [-0.39, 0.29) is 11.7 Å². The van der Waals surface area contributed by atoms with Crippen LogP contribution in [0, 0.1) is 6.92 Å². The number of ether oxygens (including phenoxy) is 2. The molecule has 1 aliphatic heterocycles. The van der Waals surface area contributed by atoms with E-state index >= 15 is 0 Å². The second-order valence-electron chi connectivity index (χ2n) is 3.49. The summed E-state index contributed by atoms with van der Waals surface area (Å²) in [4.78, 5) is 15.8. The molecule has 2 rings (SSSR count). The maximum Gasteiger partial charge on any atom is 0.294 e. The van der Waals surface area contributed by atoms with Gasteiger partial charge in [-0.05, 0) is 34.5 Å². The molecule has 6 heteroatoms. The van der Waals surface area contributed by atoms with Crippen LogP contribution in [0.2, 0.25) is 0 Å². The second kappa shape index (κ2) is 5.18. The summed E-state index contributed by atoms with van der Waals surface area (Å²) >= 11 is 3.29. The van der Waals surface area contributed by atoms with Gasteiger partial charge in [0.2, 0.25) is 5.76 Å². The molecule has 2 heterocycles. The van der Waals surface area contributed by atoms with Crippen LogP contribution in [0.25, 0.3) is 0 Å². The number of carbonyl (C=O) groups is 1. The van der Waals surface area contributed by atoms with Gasteiger partial charge in [-0.1, -0.05) is 0 Å². The summed E-state index contributed by atoms with van der Waals surface area (Å²) in [5, 5.41) is 2.68. The minimum Gasteiger partial charge on any atom is -0.494 e. The first kappa shape index (κ1) is 11.9. The zero-order valence-corrected chi connectivity index (χ0v) is 10.8. The smallest absolute Gasteiger partial charge is 0.294 e. The van der Waals surface area contributed by atoms with Gasteiger partial charge in [-0.25, -0.2) is 4.98 Å². The molecule has 0 aromatic carbocycles. The molecule has 1 aliphatic rings. The molecule has 0 radical (unpaired) electrons. The van der Waals surface area contributed by atoms with Crippen molar-refractivity contribution >= 4 is 27.5 Å². The minimum atomic E-state index is -0.340. The topological polar surface area (TPSA) is 60.5 Å². The third-order valence-electron chi connectivity index (χ3n) is 2.15. The number of amides is 1. The molecule has 90 valence electrons. The Labute approximate surface area is 107 Å². The lowest BCUT2D eigenvalue weighted by molar-refractivity contribution is -0.117. The summed E-state index contributed by atoms with van der Waals surface area (Å²) in [6, 6.07) is 1.82. The number of rotatable bonds is 2. The first-order valence-corrected chi connectivity index (χ1v) is 5.84. The molecule has 0 saturated carbocycles. The number of halogens is 1. The summed E-state index contributed by atoms with van der Waals surface area (Å²) in [7, 11) is 0. The van der Waals surface area contributed by atoms with Crippen LogP contribution in [0.3, 0.4) is 0 Å². The van der Waals surface area contributed by atoms with Gasteiger partial charge in [0.1, 0.15) is 24.1 Å². The number of aryl methyl sites for hydroxylation is 1. The van der Waals surface area contributed by atoms with Crippen molar-refractivity contribution in [1.82, 2.24) is 4.98 Å². The molecule has 17 heavy (non-hydrogen) atoms. The van der Waals surface area contributed by atoms with Crippen LogP contribution in [0.15, 0.2) is 28.9 Å². The Morgan fingerprint density at radius 3 is 3.00 bits per heavy atom. The number of carbonyl (C=O) groups excluding carboxylic acids is 1. The molecule has 1 amide bonds. The molecule has 0 aliphatic carbocycles. The van der Waals surface area contributed by atoms with Crippen molar-refractivity contribution in [2.24, 2.45) is 0 Å². The number of nitrogens with zero attached hydrogens (tertiary/aromatic N) is 1. The molecule has 1 aromatic rings. The lowest BCUT2D eigenvalue weighted by atomic mass is 10.3. The van der Waals surface area contributed by atoms with Crippen molar-refractivity contribution < 1.29 is 14.3 Å². The van der Waals surface area contributed by atoms with Gasteiger partial charge in [0.25, 0.3) is 5.91 Å². The summed E-state index contributed by atoms with van der Waals surface area (Å²) in [6.07, 6.45) is 2.89. The van der Waals surface area contributed by atoms with Crippen LogP contribution < -0.4 is 5.32 Å². The van der Waals surface area contributed by atoms with E-state index in [1.54, 1.807) is 6.20 Å². The van der Waals surface area contributed by atoms with Gasteiger partial charge in [0.05, 0.1) is 11.9 Å². The van der Waals surface area contributed by atoms with E-state index < -0.39 is 0 Å². The SMILES string of the molecule is Cc1cc(NC(=O)C2=COCCO2)cnc1Br. The first-order chi connectivity index (χ1) is 8.16. The molecule has 0 bridgehead atoms. The van der Waals surface area contributed by atoms with Crippen LogP contribution in [0.4, 0.5) is 5.69 Å². The van der Waals surface area contributed by atoms with Crippen LogP contribution in [0.5, 0.6) is 0 Å². The standard InChI is InChI=1S/C11H11BrN2O3/c1-7-4-8(5-13-10(7)12)14-11(15)9-6-16-2-3-17-9/h4-6H,2-3H2,1H3,(H,14,15). The predicted octanol–water partition coefficient (Wildman–Crippen LogP) is 1.98. The van der Waals surface area contributed by atoms with Gasteiger partial charge < -0.3 is 14.8 Å². The van der Waals surface area contributed by atoms with E-state index in [1.807, 2.05) is 13.0 Å². The van der Waals surface area contributed by atoms with E-state index in [0.717, 1.165) is 10.2 Å². The van der Waals surface area contributed by atoms with Gasteiger partial charge >= 0.3 is 0 Å². The number of hydrogen-bond acceptors (Lipinski definition) is 4. The Bertz CT molecular complexity index is 474. The van der Waals surface area contributed by atoms with Gasteiger partial charge in [-0.15, -0.1) is 0 Å². The monoisotopic (exact) mass is 298 g/mol. The Morgan fingerprint density at radius 1 is 1.53 bits per heavy atom. The highest BCUT2D eigenvalue weighted by Gasteiger charge is 2.15. The Hall–Kier alpha value is -1.56. The average molecular weight is 299 g/mol. The van der Waals surface area contributed by atoms with Crippen molar-refractivity contribution in [2.45, 2.75) is 6.92 Å². The third kappa shape index (κ3) is 2.97. The summed E-state index contributed by atoms with van der Waals surface area (Å²) in [5.41, 5.74) is 1.56. The van der Waals surface area contributed by atoms with E-state index in [9.17, 15) is 4.79 Å². The fourth-order valence-electron chi connectivity index (χ4n) is 1.31. The molecule has 0 unspecified atom stereocenters. The van der Waals surface area contributed by atoms with Gasteiger partial charge in [-0.2, -0.15) is 0 Å². The van der Waals surface area contributed by atoms with Crippen LogP contribution in [-0.2, 0) is 14.3 Å². The number of aromatic nitrogens is 1. The lowest BCUT2D eigenvalue weighted by Crippen LogP contribution is -2.21. The second-order valence-corrected chi connectivity index (χ2v) is 4.24. The van der Waals surface area contributed by atoms with Crippen molar-refractivity contribution in [3.05, 3.63) is 34.5 Å². The number of pyridine rings is 1. The van der Waals surface area contributed by atoms with Gasteiger partial charge in [0, 0.05) is 0 Å². The highest BCUT2D eigenvalue weighted by Crippen LogP contribution is 2.17. The molecule has 0 spiro atoms. The normalized spacial score (nSPS) is 14.4. The molecule has 0 atom stereocenters. The quantitative estimate of drug-likeness (QED) is 0.848. The maximum absolute atomic E-state index is 11.7. The predicted molar refractivity (Wildman–Crippen MR) is 65.3 cm³/mol. The molecule has 0 fully saturated rings. The van der Waals surface area contributed by atoms with Crippen molar-refractivity contribution in [3.63, 3.8) is 0 Å². The summed E-state index contributed by atoms with van der Waals surface area (Å²) in [6.45, 7) is 2.75. The fourth-order valence-corrected chi connectivity index (χ4v) is 1.52. The molecular formula is C11H11BrN2O3. The Morgan fingerprint density at radius 2 is 2.35 bits per heavy atom. The van der Waals surface area contributed by atoms with E-state index in [0.29, 0.717) is 18.9 Å². The molecule has 5 nitrogen and oxygen atoms in total. The van der Waals surface area contributed by atoms with Crippen molar-refractivity contribution in [1.29, 1.82) is 0 Å². The molecule has 1 aromatic heterocycles. The maximum atomic E-state index is 11.7. The van der Waals surface area contributed by atoms with E-state index in [4.69, 9.17) is 9.47 Å². The van der Waals surface area contributed by atoms with E-state index in [1.165, 1.54) is 6.26 Å². The van der Waals surface area contributed by atoms with E-state index in [2.05, 4.69) is 26.2 Å². The summed E-state index contributed by atoms with van der Waals surface area (Å²) in [5.74, 6) is -0.162. The summed E-state index contributed by atoms with van der Waals surface area (Å²) < 4.78 is 10.9. The molecule has 1 N–H and O–H groups in total. The highest BCUT2D eigenvalue weighted by atomic mass is 79.9. The fraction of sp³-hybridized carbons (Fsp3) is 0.273. The van der Waals surface area contributed by atoms with Crippen molar-refractivity contribution in [2.75, 3.05) is 18.5 Å². The average Bonchev–Trinajstić information content (AvgIpc) is 2.35. The molecule has 0 saturated heterocycles. The molecular weight excluding hydrogens is 288 g/mol. The zero-order chi connectivity index (χ0) is 12.3. The van der Waals surface area contributed by atoms with Crippen LogP contribution >= 0.6 is 15.9 Å². The van der Waals surface area contributed by atoms with Crippen molar-refractivity contribution in [3.8, 4) is 0 Å². The number of anilines is 1. The first-order valence-electron chi connectivity index (χ1n) is 5.05. The van der Waals surface area contributed by atoms with Gasteiger partial charge in [-0.3, -0.25) is 4.79 Å². The highest BCUT2D eigenvalue weighted by molar-refractivity contribution is 9.10. The zero-order valence-electron chi connectivity index (χ0n) is 9.20. The van der Waals surface area contributed by atoms with Crippen LogP contribution in [0.1, 0.15) is 5.56 Å². The number of nitrogens with one attached hydrogen (secondary N) is 1. The Kier molecular flexibility index (Phi) is 3.63. The number of hydrogen-bond donors (Lipinski definition) is 1. The lowest BCUT2D eigenvalue weighted by Gasteiger charge is -2.15. The largest absolute Gasteiger partial charge is 0.494 e. The third-order valence-corrected chi connectivity index (χ3v) is 2.98. The van der Waals surface area contributed by atoms with Gasteiger partial charge in [0.15, 0.2) is 0 Å². The minimum absolute atomic E-state index is 0.178. The Balaban J connectivity index is 2.07. The van der Waals surface area contributed by atoms with Crippen LogP contribution in [-0.4, -0.2) is 24.1 Å².